The van der Waals surface area contributed by atoms with Gasteiger partial charge in [-0.1, -0.05) is 12.1 Å². The number of rotatable bonds is 3. The third-order valence-corrected chi connectivity index (χ3v) is 4.01. The monoisotopic (exact) mass is 262 g/mol. The third-order valence-electron chi connectivity index (χ3n) is 4.01. The van der Waals surface area contributed by atoms with Gasteiger partial charge < -0.3 is 10.0 Å². The Hall–Kier alpha value is -1.39. The molecule has 0 bridgehead atoms. The molecule has 2 rings (SSSR count). The Kier molecular flexibility index (Phi) is 4.22. The van der Waals surface area contributed by atoms with E-state index in [0.717, 1.165) is 19.6 Å². The van der Waals surface area contributed by atoms with Gasteiger partial charge in [-0.05, 0) is 38.6 Å². The van der Waals surface area contributed by atoms with Crippen molar-refractivity contribution in [2.75, 3.05) is 20.1 Å². The second-order valence-electron chi connectivity index (χ2n) is 5.57. The fourth-order valence-electron chi connectivity index (χ4n) is 2.58. The molecule has 1 aliphatic heterocycles. The maximum Gasteiger partial charge on any atom is 0.335 e. The summed E-state index contributed by atoms with van der Waals surface area (Å²) >= 11 is 0. The lowest BCUT2D eigenvalue weighted by Gasteiger charge is -2.42. The van der Waals surface area contributed by atoms with E-state index in [1.807, 2.05) is 12.1 Å². The highest BCUT2D eigenvalue weighted by Crippen LogP contribution is 2.17. The molecule has 1 aromatic carbocycles. The molecule has 0 radical (unpaired) electrons. The highest BCUT2D eigenvalue weighted by molar-refractivity contribution is 5.87. The van der Waals surface area contributed by atoms with Crippen LogP contribution >= 0.6 is 0 Å². The minimum absolute atomic E-state index is 0.351. The van der Waals surface area contributed by atoms with Gasteiger partial charge in [-0.15, -0.1) is 0 Å². The van der Waals surface area contributed by atoms with Gasteiger partial charge in [0, 0.05) is 31.7 Å². The fraction of sp³-hybridized carbons (Fsp3) is 0.533. The molecular weight excluding hydrogens is 240 g/mol. The minimum Gasteiger partial charge on any atom is -0.478 e. The van der Waals surface area contributed by atoms with Gasteiger partial charge in [0.2, 0.25) is 0 Å². The van der Waals surface area contributed by atoms with Gasteiger partial charge in [-0.3, -0.25) is 4.90 Å². The SMILES string of the molecule is CC1CN(Cc2ccc(C(=O)O)cc2)C(C)CN1C. The minimum atomic E-state index is -0.867. The maximum atomic E-state index is 10.8. The number of aromatic carboxylic acids is 1. The Balaban J connectivity index is 2.02. The molecule has 1 aromatic rings. The molecule has 1 N–H and O–H groups in total. The summed E-state index contributed by atoms with van der Waals surface area (Å²) in [5.41, 5.74) is 1.53. The Labute approximate surface area is 114 Å². The summed E-state index contributed by atoms with van der Waals surface area (Å²) in [6.07, 6.45) is 0. The molecular formula is C15H22N2O2. The van der Waals surface area contributed by atoms with Crippen LogP contribution in [0.25, 0.3) is 0 Å². The molecule has 1 saturated heterocycles. The van der Waals surface area contributed by atoms with E-state index in [2.05, 4.69) is 30.7 Å². The number of carboxylic acid groups (broad SMARTS) is 1. The standard InChI is InChI=1S/C15H22N2O2/c1-11-9-17(12(2)8-16(11)3)10-13-4-6-14(7-5-13)15(18)19/h4-7,11-12H,8-10H2,1-3H3,(H,18,19). The van der Waals surface area contributed by atoms with Gasteiger partial charge >= 0.3 is 5.97 Å². The number of benzene rings is 1. The van der Waals surface area contributed by atoms with Crippen molar-refractivity contribution in [1.82, 2.24) is 9.80 Å². The van der Waals surface area contributed by atoms with Crippen molar-refractivity contribution in [1.29, 1.82) is 0 Å². The van der Waals surface area contributed by atoms with Crippen LogP contribution in [0.4, 0.5) is 0 Å². The van der Waals surface area contributed by atoms with Crippen molar-refractivity contribution in [2.45, 2.75) is 32.5 Å². The number of carbonyl (C=O) groups is 1. The van der Waals surface area contributed by atoms with Gasteiger partial charge in [0.25, 0.3) is 0 Å². The van der Waals surface area contributed by atoms with E-state index in [0.29, 0.717) is 17.6 Å². The average molecular weight is 262 g/mol. The number of hydrogen-bond acceptors (Lipinski definition) is 3. The lowest BCUT2D eigenvalue weighted by Crippen LogP contribution is -2.54. The molecule has 0 spiro atoms. The number of carboxylic acids is 1. The first kappa shape index (κ1) is 14.0. The smallest absolute Gasteiger partial charge is 0.335 e. The molecule has 104 valence electrons. The van der Waals surface area contributed by atoms with E-state index in [-0.39, 0.29) is 0 Å². The van der Waals surface area contributed by atoms with E-state index in [9.17, 15) is 4.79 Å². The molecule has 1 fully saturated rings. The predicted octanol–water partition coefficient (Wildman–Crippen LogP) is 1.91. The quantitative estimate of drug-likeness (QED) is 0.903. The number of nitrogens with zero attached hydrogens (tertiary/aromatic N) is 2. The Morgan fingerprint density at radius 3 is 2.42 bits per heavy atom. The Bertz CT molecular complexity index is 444. The van der Waals surface area contributed by atoms with Crippen LogP contribution in [0, 0.1) is 0 Å². The summed E-state index contributed by atoms with van der Waals surface area (Å²) in [4.78, 5) is 15.7. The van der Waals surface area contributed by atoms with Crippen LogP contribution in [-0.4, -0.2) is 53.1 Å². The Morgan fingerprint density at radius 2 is 1.84 bits per heavy atom. The van der Waals surface area contributed by atoms with Crippen molar-refractivity contribution >= 4 is 5.97 Å². The van der Waals surface area contributed by atoms with Crippen LogP contribution in [-0.2, 0) is 6.54 Å². The number of piperazine rings is 1. The molecule has 2 unspecified atom stereocenters. The summed E-state index contributed by atoms with van der Waals surface area (Å²) in [5, 5.41) is 8.89. The van der Waals surface area contributed by atoms with Gasteiger partial charge in [-0.25, -0.2) is 4.79 Å². The molecule has 0 aliphatic carbocycles. The zero-order valence-electron chi connectivity index (χ0n) is 11.8. The predicted molar refractivity (Wildman–Crippen MR) is 75.4 cm³/mol. The summed E-state index contributed by atoms with van der Waals surface area (Å²) in [7, 11) is 2.17. The van der Waals surface area contributed by atoms with Crippen molar-refractivity contribution in [3.05, 3.63) is 35.4 Å². The zero-order valence-corrected chi connectivity index (χ0v) is 11.8. The van der Waals surface area contributed by atoms with Gasteiger partial charge in [-0.2, -0.15) is 0 Å². The van der Waals surface area contributed by atoms with Crippen LogP contribution in [0.3, 0.4) is 0 Å². The number of likely N-dealkylation sites (N-methyl/N-ethyl adjacent to an activating group) is 1. The highest BCUT2D eigenvalue weighted by Gasteiger charge is 2.26. The van der Waals surface area contributed by atoms with Crippen molar-refractivity contribution in [2.24, 2.45) is 0 Å². The highest BCUT2D eigenvalue weighted by atomic mass is 16.4. The fourth-order valence-corrected chi connectivity index (χ4v) is 2.58. The lowest BCUT2D eigenvalue weighted by atomic mass is 10.1. The normalized spacial score (nSPS) is 25.4. The Morgan fingerprint density at radius 1 is 1.21 bits per heavy atom. The first-order valence-electron chi connectivity index (χ1n) is 6.74. The largest absolute Gasteiger partial charge is 0.478 e. The molecule has 4 nitrogen and oxygen atoms in total. The van der Waals surface area contributed by atoms with E-state index in [1.54, 1.807) is 12.1 Å². The van der Waals surface area contributed by atoms with E-state index in [4.69, 9.17) is 5.11 Å². The van der Waals surface area contributed by atoms with Crippen LogP contribution < -0.4 is 0 Å². The molecule has 0 amide bonds. The summed E-state index contributed by atoms with van der Waals surface area (Å²) in [6, 6.07) is 8.29. The van der Waals surface area contributed by atoms with Crippen LogP contribution in [0.2, 0.25) is 0 Å². The van der Waals surface area contributed by atoms with E-state index in [1.165, 1.54) is 5.56 Å². The molecule has 0 aromatic heterocycles. The third kappa shape index (κ3) is 3.33. The molecule has 4 heteroatoms. The van der Waals surface area contributed by atoms with E-state index < -0.39 is 5.97 Å². The topological polar surface area (TPSA) is 43.8 Å². The number of hydrogen-bond donors (Lipinski definition) is 1. The van der Waals surface area contributed by atoms with Crippen molar-refractivity contribution in [3.63, 3.8) is 0 Å². The molecule has 0 saturated carbocycles. The summed E-state index contributed by atoms with van der Waals surface area (Å²) in [5.74, 6) is -0.867. The van der Waals surface area contributed by atoms with Crippen LogP contribution in [0.1, 0.15) is 29.8 Å². The van der Waals surface area contributed by atoms with Gasteiger partial charge in [0.1, 0.15) is 0 Å². The zero-order chi connectivity index (χ0) is 14.0. The summed E-state index contributed by atoms with van der Waals surface area (Å²) in [6.45, 7) is 7.51. The average Bonchev–Trinajstić information content (AvgIpc) is 2.36. The second-order valence-corrected chi connectivity index (χ2v) is 5.57. The molecule has 1 aliphatic rings. The van der Waals surface area contributed by atoms with Crippen molar-refractivity contribution < 1.29 is 9.90 Å². The first-order chi connectivity index (χ1) is 8.97. The molecule has 19 heavy (non-hydrogen) atoms. The summed E-state index contributed by atoms with van der Waals surface area (Å²) < 4.78 is 0. The molecule has 1 heterocycles. The van der Waals surface area contributed by atoms with Crippen LogP contribution in [0.5, 0.6) is 0 Å². The molecule has 2 atom stereocenters. The van der Waals surface area contributed by atoms with E-state index >= 15 is 0 Å². The van der Waals surface area contributed by atoms with Crippen LogP contribution in [0.15, 0.2) is 24.3 Å². The van der Waals surface area contributed by atoms with Crippen molar-refractivity contribution in [3.8, 4) is 0 Å². The second kappa shape index (κ2) is 5.72. The maximum absolute atomic E-state index is 10.8. The van der Waals surface area contributed by atoms with Gasteiger partial charge in [0.15, 0.2) is 0 Å². The first-order valence-corrected chi connectivity index (χ1v) is 6.74. The van der Waals surface area contributed by atoms with Gasteiger partial charge in [0.05, 0.1) is 5.56 Å². The lowest BCUT2D eigenvalue weighted by molar-refractivity contribution is 0.0545.